The maximum atomic E-state index is 11.0. The summed E-state index contributed by atoms with van der Waals surface area (Å²) in [4.78, 5) is 11.0. The van der Waals surface area contributed by atoms with Crippen LogP contribution in [0.15, 0.2) is 41.0 Å². The Balaban J connectivity index is 2.59. The minimum absolute atomic E-state index is 0.244. The van der Waals surface area contributed by atoms with Crippen molar-refractivity contribution in [2.45, 2.75) is 0 Å². The van der Waals surface area contributed by atoms with Gasteiger partial charge in [0.05, 0.1) is 0 Å². The van der Waals surface area contributed by atoms with E-state index in [4.69, 9.17) is 5.11 Å². The summed E-state index contributed by atoms with van der Waals surface area (Å²) in [6, 6.07) is 9.25. The molecule has 0 spiro atoms. The van der Waals surface area contributed by atoms with Gasteiger partial charge in [0.2, 0.25) is 0 Å². The van der Waals surface area contributed by atoms with Gasteiger partial charge in [0.25, 0.3) is 0 Å². The molecule has 0 unspecified atom stereocenters. The number of carboxylic acids is 1. The minimum atomic E-state index is -0.940. The molecular weight excluding hydrogens is 385 g/mol. The second kappa shape index (κ2) is 4.58. The Hall–Kier alpha value is -0.820. The van der Waals surface area contributed by atoms with Crippen LogP contribution >= 0.6 is 38.5 Å². The molecule has 1 aromatic carbocycles. The van der Waals surface area contributed by atoms with Crippen LogP contribution in [0, 0.1) is 3.57 Å². The molecular formula is C11H7BrINO2. The van der Waals surface area contributed by atoms with Gasteiger partial charge in [0, 0.05) is 19.9 Å². The van der Waals surface area contributed by atoms with Gasteiger partial charge in [-0.1, -0.05) is 6.07 Å². The van der Waals surface area contributed by atoms with Gasteiger partial charge in [-0.25, -0.2) is 4.79 Å². The van der Waals surface area contributed by atoms with E-state index in [9.17, 15) is 4.79 Å². The molecule has 1 aromatic heterocycles. The molecule has 0 bridgehead atoms. The van der Waals surface area contributed by atoms with Gasteiger partial charge in [-0.2, -0.15) is 0 Å². The molecule has 0 amide bonds. The predicted octanol–water partition coefficient (Wildman–Crippen LogP) is 3.54. The summed E-state index contributed by atoms with van der Waals surface area (Å²) in [5, 5.41) is 9.07. The maximum absolute atomic E-state index is 11.0. The van der Waals surface area contributed by atoms with Gasteiger partial charge in [0.15, 0.2) is 0 Å². The Morgan fingerprint density at radius 3 is 2.75 bits per heavy atom. The van der Waals surface area contributed by atoms with Crippen molar-refractivity contribution < 1.29 is 9.90 Å². The summed E-state index contributed by atoms with van der Waals surface area (Å²) < 4.78 is 3.47. The average Bonchev–Trinajstić information content (AvgIpc) is 2.60. The quantitative estimate of drug-likeness (QED) is 0.795. The van der Waals surface area contributed by atoms with Crippen molar-refractivity contribution in [2.75, 3.05) is 0 Å². The van der Waals surface area contributed by atoms with E-state index >= 15 is 0 Å². The highest BCUT2D eigenvalue weighted by molar-refractivity contribution is 14.1. The Morgan fingerprint density at radius 1 is 1.38 bits per heavy atom. The molecule has 0 atom stereocenters. The lowest BCUT2D eigenvalue weighted by atomic mass is 10.3. The highest BCUT2D eigenvalue weighted by atomic mass is 127. The molecule has 0 saturated heterocycles. The number of rotatable bonds is 2. The standard InChI is InChI=1S/C11H7BrINO2/c12-7-4-10(11(15)16)14(6-7)9-3-1-2-8(13)5-9/h1-6H,(H,15,16). The van der Waals surface area contributed by atoms with Crippen molar-refractivity contribution in [3.63, 3.8) is 0 Å². The molecule has 0 aliphatic heterocycles. The Morgan fingerprint density at radius 2 is 2.12 bits per heavy atom. The molecule has 16 heavy (non-hydrogen) atoms. The van der Waals surface area contributed by atoms with Gasteiger partial charge < -0.3 is 9.67 Å². The lowest BCUT2D eigenvalue weighted by Gasteiger charge is -2.06. The third-order valence-electron chi connectivity index (χ3n) is 2.09. The lowest BCUT2D eigenvalue weighted by molar-refractivity contribution is 0.0688. The number of carbonyl (C=O) groups is 1. The Labute approximate surface area is 114 Å². The average molecular weight is 392 g/mol. The minimum Gasteiger partial charge on any atom is -0.477 e. The monoisotopic (exact) mass is 391 g/mol. The topological polar surface area (TPSA) is 42.2 Å². The van der Waals surface area contributed by atoms with Gasteiger partial charge in [-0.15, -0.1) is 0 Å². The van der Waals surface area contributed by atoms with Crippen LogP contribution < -0.4 is 0 Å². The van der Waals surface area contributed by atoms with Crippen molar-refractivity contribution in [3.05, 3.63) is 50.3 Å². The first-order valence-corrected chi connectivity index (χ1v) is 6.32. The van der Waals surface area contributed by atoms with Crippen LogP contribution in [0.5, 0.6) is 0 Å². The van der Waals surface area contributed by atoms with Crippen LogP contribution in [0.25, 0.3) is 5.69 Å². The molecule has 0 saturated carbocycles. The smallest absolute Gasteiger partial charge is 0.352 e. The maximum Gasteiger partial charge on any atom is 0.352 e. The van der Waals surface area contributed by atoms with Crippen LogP contribution in [-0.2, 0) is 0 Å². The first-order valence-electron chi connectivity index (χ1n) is 4.45. The van der Waals surface area contributed by atoms with E-state index in [1.807, 2.05) is 24.3 Å². The molecule has 2 rings (SSSR count). The molecule has 2 aromatic rings. The highest BCUT2D eigenvalue weighted by Gasteiger charge is 2.12. The molecule has 82 valence electrons. The fourth-order valence-electron chi connectivity index (χ4n) is 1.43. The van der Waals surface area contributed by atoms with Crippen molar-refractivity contribution >= 4 is 44.5 Å². The summed E-state index contributed by atoms with van der Waals surface area (Å²) in [7, 11) is 0. The number of carboxylic acid groups (broad SMARTS) is 1. The largest absolute Gasteiger partial charge is 0.477 e. The second-order valence-electron chi connectivity index (χ2n) is 3.20. The van der Waals surface area contributed by atoms with Crippen LogP contribution in [0.2, 0.25) is 0 Å². The van der Waals surface area contributed by atoms with Gasteiger partial charge in [-0.3, -0.25) is 0 Å². The van der Waals surface area contributed by atoms with Crippen LogP contribution in [0.4, 0.5) is 0 Å². The first-order chi connectivity index (χ1) is 7.58. The summed E-state index contributed by atoms with van der Waals surface area (Å²) in [6.07, 6.45) is 1.74. The van der Waals surface area contributed by atoms with Crippen molar-refractivity contribution in [3.8, 4) is 5.69 Å². The van der Waals surface area contributed by atoms with Crippen LogP contribution in [-0.4, -0.2) is 15.6 Å². The van der Waals surface area contributed by atoms with E-state index in [0.717, 1.165) is 13.7 Å². The number of hydrogen-bond donors (Lipinski definition) is 1. The van der Waals surface area contributed by atoms with E-state index in [1.165, 1.54) is 0 Å². The Bertz CT molecular complexity index is 551. The molecule has 0 aliphatic rings. The zero-order valence-electron chi connectivity index (χ0n) is 8.02. The summed E-state index contributed by atoms with van der Waals surface area (Å²) in [5.41, 5.74) is 1.09. The van der Waals surface area contributed by atoms with Crippen LogP contribution in [0.3, 0.4) is 0 Å². The molecule has 0 aliphatic carbocycles. The van der Waals surface area contributed by atoms with Gasteiger partial charge >= 0.3 is 5.97 Å². The van der Waals surface area contributed by atoms with E-state index in [2.05, 4.69) is 38.5 Å². The third-order valence-corrected chi connectivity index (χ3v) is 3.20. The predicted molar refractivity (Wildman–Crippen MR) is 73.1 cm³/mol. The van der Waals surface area contributed by atoms with Crippen LogP contribution in [0.1, 0.15) is 10.5 Å². The fraction of sp³-hybridized carbons (Fsp3) is 0. The number of aromatic carboxylic acids is 1. The summed E-state index contributed by atoms with van der Waals surface area (Å²) >= 11 is 5.48. The van der Waals surface area contributed by atoms with Gasteiger partial charge in [-0.05, 0) is 62.8 Å². The molecule has 3 nitrogen and oxygen atoms in total. The van der Waals surface area contributed by atoms with Gasteiger partial charge in [0.1, 0.15) is 5.69 Å². The van der Waals surface area contributed by atoms with Crippen molar-refractivity contribution in [1.29, 1.82) is 0 Å². The van der Waals surface area contributed by atoms with E-state index in [1.54, 1.807) is 16.8 Å². The SMILES string of the molecule is O=C(O)c1cc(Br)cn1-c1cccc(I)c1. The molecule has 1 N–H and O–H groups in total. The second-order valence-corrected chi connectivity index (χ2v) is 5.36. The first kappa shape index (κ1) is 11.7. The third kappa shape index (κ3) is 2.30. The van der Waals surface area contributed by atoms with E-state index in [-0.39, 0.29) is 5.69 Å². The number of aromatic nitrogens is 1. The lowest BCUT2D eigenvalue weighted by Crippen LogP contribution is -2.05. The fourth-order valence-corrected chi connectivity index (χ4v) is 2.38. The van der Waals surface area contributed by atoms with E-state index < -0.39 is 5.97 Å². The molecule has 5 heteroatoms. The highest BCUT2D eigenvalue weighted by Crippen LogP contribution is 2.21. The number of hydrogen-bond acceptors (Lipinski definition) is 1. The summed E-state index contributed by atoms with van der Waals surface area (Å²) in [6.45, 7) is 0. The Kier molecular flexibility index (Phi) is 3.34. The number of benzene rings is 1. The summed E-state index contributed by atoms with van der Waals surface area (Å²) in [5.74, 6) is -0.940. The van der Waals surface area contributed by atoms with E-state index in [0.29, 0.717) is 0 Å². The number of nitrogens with zero attached hydrogens (tertiary/aromatic N) is 1. The zero-order valence-corrected chi connectivity index (χ0v) is 11.8. The molecule has 1 heterocycles. The van der Waals surface area contributed by atoms with Crippen molar-refractivity contribution in [1.82, 2.24) is 4.57 Å². The molecule has 0 radical (unpaired) electrons. The normalized spacial score (nSPS) is 10.4. The van der Waals surface area contributed by atoms with Crippen molar-refractivity contribution in [2.24, 2.45) is 0 Å². The zero-order chi connectivity index (χ0) is 11.7. The number of halogens is 2. The molecule has 0 fully saturated rings.